The fraction of sp³-hybridized carbons (Fsp3) is 0.294. The van der Waals surface area contributed by atoms with Gasteiger partial charge in [-0.2, -0.15) is 5.10 Å². The molecule has 0 fully saturated rings. The normalized spacial score (nSPS) is 10.9. The van der Waals surface area contributed by atoms with Gasteiger partial charge in [0, 0.05) is 6.04 Å². The Morgan fingerprint density at radius 1 is 1.35 bits per heavy atom. The van der Waals surface area contributed by atoms with Crippen LogP contribution in [0.4, 0.5) is 4.79 Å². The number of carbonyl (C=O) groups is 2. The predicted octanol–water partition coefficient (Wildman–Crippen LogP) is 3.13. The number of hydrogen-bond acceptors (Lipinski definition) is 6. The average Bonchev–Trinajstić information content (AvgIpc) is 3.28. The van der Waals surface area contributed by atoms with Crippen molar-refractivity contribution in [3.05, 3.63) is 35.3 Å². The van der Waals surface area contributed by atoms with Crippen molar-refractivity contribution in [3.8, 4) is 10.6 Å². The Kier molecular flexibility index (Phi) is 5.17. The summed E-state index contributed by atoms with van der Waals surface area (Å²) in [6, 6.07) is 5.65. The van der Waals surface area contributed by atoms with E-state index in [2.05, 4.69) is 20.9 Å². The molecule has 0 aliphatic carbocycles. The van der Waals surface area contributed by atoms with Crippen molar-refractivity contribution in [2.75, 3.05) is 6.61 Å². The maximum Gasteiger partial charge on any atom is 0.426 e. The zero-order valence-corrected chi connectivity index (χ0v) is 15.5. The van der Waals surface area contributed by atoms with E-state index in [0.29, 0.717) is 22.3 Å². The van der Waals surface area contributed by atoms with Crippen molar-refractivity contribution in [3.63, 3.8) is 0 Å². The van der Waals surface area contributed by atoms with Crippen LogP contribution >= 0.6 is 11.3 Å². The summed E-state index contributed by atoms with van der Waals surface area (Å²) < 4.78 is 6.51. The van der Waals surface area contributed by atoms with E-state index in [0.717, 1.165) is 4.88 Å². The Hall–Kier alpha value is -2.94. The van der Waals surface area contributed by atoms with E-state index in [9.17, 15) is 9.59 Å². The van der Waals surface area contributed by atoms with E-state index < -0.39 is 12.0 Å². The van der Waals surface area contributed by atoms with Crippen LogP contribution in [-0.2, 0) is 4.74 Å². The smallest absolute Gasteiger partial charge is 0.426 e. The summed E-state index contributed by atoms with van der Waals surface area (Å²) in [4.78, 5) is 29.7. The van der Waals surface area contributed by atoms with Gasteiger partial charge >= 0.3 is 6.09 Å². The number of ether oxygens (including phenoxy) is 1. The van der Waals surface area contributed by atoms with Crippen LogP contribution in [0.1, 0.15) is 37.2 Å². The molecule has 3 aromatic heterocycles. The number of hydrogen-bond donors (Lipinski definition) is 2. The molecule has 3 heterocycles. The van der Waals surface area contributed by atoms with Crippen molar-refractivity contribution in [1.82, 2.24) is 25.6 Å². The molecule has 8 nitrogen and oxygen atoms in total. The SMILES string of the molecule is CCOC(=O)NNC(=O)c1cc(-c2cccs2)nc2c1cnn2C(C)C. The third-order valence-electron chi connectivity index (χ3n) is 3.63. The van der Waals surface area contributed by atoms with Gasteiger partial charge < -0.3 is 4.74 Å². The molecule has 2 amide bonds. The fourth-order valence-corrected chi connectivity index (χ4v) is 3.16. The highest BCUT2D eigenvalue weighted by Crippen LogP contribution is 2.28. The minimum absolute atomic E-state index is 0.0900. The second kappa shape index (κ2) is 7.52. The molecule has 0 spiro atoms. The summed E-state index contributed by atoms with van der Waals surface area (Å²) in [5.41, 5.74) is 6.26. The number of pyridine rings is 1. The second-order valence-electron chi connectivity index (χ2n) is 5.75. The standard InChI is InChI=1S/C17H19N5O3S/c1-4-25-17(24)21-20-16(23)11-8-13(14-6-5-7-26-14)19-15-12(11)9-18-22(15)10(2)3/h5-10H,4H2,1-3H3,(H,20,23)(H,21,24). The van der Waals surface area contributed by atoms with Crippen molar-refractivity contribution in [2.24, 2.45) is 0 Å². The van der Waals surface area contributed by atoms with Gasteiger partial charge in [0.1, 0.15) is 0 Å². The number of thiophene rings is 1. The number of carbonyl (C=O) groups excluding carboxylic acids is 2. The lowest BCUT2D eigenvalue weighted by Crippen LogP contribution is -2.42. The number of rotatable bonds is 4. The highest BCUT2D eigenvalue weighted by atomic mass is 32.1. The summed E-state index contributed by atoms with van der Waals surface area (Å²) in [6.45, 7) is 5.88. The zero-order valence-electron chi connectivity index (χ0n) is 14.6. The second-order valence-corrected chi connectivity index (χ2v) is 6.70. The van der Waals surface area contributed by atoms with Gasteiger partial charge in [-0.25, -0.2) is 19.9 Å². The molecule has 136 valence electrons. The summed E-state index contributed by atoms with van der Waals surface area (Å²) in [6.07, 6.45) is 0.891. The van der Waals surface area contributed by atoms with Crippen LogP contribution in [-0.4, -0.2) is 33.4 Å². The minimum Gasteiger partial charge on any atom is -0.449 e. The molecule has 0 saturated carbocycles. The van der Waals surface area contributed by atoms with Gasteiger partial charge in [-0.05, 0) is 38.3 Å². The molecule has 0 aliphatic heterocycles. The number of fused-ring (bicyclic) bond motifs is 1. The quantitative estimate of drug-likeness (QED) is 0.685. The third kappa shape index (κ3) is 3.52. The first-order valence-electron chi connectivity index (χ1n) is 8.16. The first-order valence-corrected chi connectivity index (χ1v) is 9.04. The molecule has 0 radical (unpaired) electrons. The van der Waals surface area contributed by atoms with Crippen LogP contribution in [0.3, 0.4) is 0 Å². The monoisotopic (exact) mass is 373 g/mol. The maximum absolute atomic E-state index is 12.6. The minimum atomic E-state index is -0.720. The van der Waals surface area contributed by atoms with Crippen molar-refractivity contribution in [1.29, 1.82) is 0 Å². The van der Waals surface area contributed by atoms with Gasteiger partial charge in [0.2, 0.25) is 0 Å². The highest BCUT2D eigenvalue weighted by Gasteiger charge is 2.19. The molecule has 26 heavy (non-hydrogen) atoms. The highest BCUT2D eigenvalue weighted by molar-refractivity contribution is 7.13. The summed E-state index contributed by atoms with van der Waals surface area (Å²) >= 11 is 1.53. The molecule has 0 atom stereocenters. The van der Waals surface area contributed by atoms with Crippen LogP contribution in [0.5, 0.6) is 0 Å². The van der Waals surface area contributed by atoms with Crippen LogP contribution in [0.2, 0.25) is 0 Å². The largest absolute Gasteiger partial charge is 0.449 e. The molecular weight excluding hydrogens is 354 g/mol. The average molecular weight is 373 g/mol. The molecule has 3 rings (SSSR count). The summed E-state index contributed by atoms with van der Waals surface area (Å²) in [5, 5.41) is 6.91. The number of aromatic nitrogens is 3. The van der Waals surface area contributed by atoms with Crippen molar-refractivity contribution in [2.45, 2.75) is 26.8 Å². The summed E-state index contributed by atoms with van der Waals surface area (Å²) in [5.74, 6) is -0.466. The molecule has 0 saturated heterocycles. The Balaban J connectivity index is 2.02. The van der Waals surface area contributed by atoms with Gasteiger partial charge in [-0.3, -0.25) is 10.2 Å². The lowest BCUT2D eigenvalue weighted by atomic mass is 10.1. The fourth-order valence-electron chi connectivity index (χ4n) is 2.48. The van der Waals surface area contributed by atoms with Crippen LogP contribution in [0, 0.1) is 0 Å². The van der Waals surface area contributed by atoms with E-state index in [4.69, 9.17) is 4.74 Å². The molecule has 0 unspecified atom stereocenters. The van der Waals surface area contributed by atoms with Crippen LogP contribution in [0.25, 0.3) is 21.6 Å². The van der Waals surface area contributed by atoms with E-state index >= 15 is 0 Å². The Morgan fingerprint density at radius 3 is 2.81 bits per heavy atom. The first kappa shape index (κ1) is 17.9. The molecule has 9 heteroatoms. The Morgan fingerprint density at radius 2 is 2.15 bits per heavy atom. The third-order valence-corrected chi connectivity index (χ3v) is 4.52. The first-order chi connectivity index (χ1) is 12.5. The van der Waals surface area contributed by atoms with Crippen LogP contribution in [0.15, 0.2) is 29.8 Å². The lowest BCUT2D eigenvalue weighted by Gasteiger charge is -2.11. The van der Waals surface area contributed by atoms with Crippen molar-refractivity contribution >= 4 is 34.4 Å². The van der Waals surface area contributed by atoms with E-state index in [-0.39, 0.29) is 12.6 Å². The molecule has 0 aromatic carbocycles. The topological polar surface area (TPSA) is 98.1 Å². The van der Waals surface area contributed by atoms with Crippen LogP contribution < -0.4 is 10.9 Å². The van der Waals surface area contributed by atoms with Gasteiger partial charge in [-0.1, -0.05) is 6.07 Å². The molecule has 3 aromatic rings. The molecular formula is C17H19N5O3S. The molecule has 2 N–H and O–H groups in total. The van der Waals surface area contributed by atoms with Gasteiger partial charge in [-0.15, -0.1) is 11.3 Å². The molecule has 0 aliphatic rings. The number of amides is 2. The Bertz CT molecular complexity index is 933. The molecule has 0 bridgehead atoms. The summed E-state index contributed by atoms with van der Waals surface area (Å²) in [7, 11) is 0. The van der Waals surface area contributed by atoms with Gasteiger partial charge in [0.25, 0.3) is 5.91 Å². The number of nitrogens with zero attached hydrogens (tertiary/aromatic N) is 3. The maximum atomic E-state index is 12.6. The predicted molar refractivity (Wildman–Crippen MR) is 98.8 cm³/mol. The Labute approximate surface area is 154 Å². The lowest BCUT2D eigenvalue weighted by molar-refractivity contribution is 0.0914. The van der Waals surface area contributed by atoms with Crippen molar-refractivity contribution < 1.29 is 14.3 Å². The van der Waals surface area contributed by atoms with E-state index in [1.54, 1.807) is 23.9 Å². The van der Waals surface area contributed by atoms with E-state index in [1.807, 2.05) is 31.4 Å². The number of nitrogens with one attached hydrogen (secondary N) is 2. The van der Waals surface area contributed by atoms with Gasteiger partial charge in [0.05, 0.1) is 34.3 Å². The number of hydrazine groups is 1. The van der Waals surface area contributed by atoms with Gasteiger partial charge in [0.15, 0.2) is 5.65 Å². The zero-order chi connectivity index (χ0) is 18.7. The van der Waals surface area contributed by atoms with E-state index in [1.165, 1.54) is 11.3 Å².